The second-order valence-electron chi connectivity index (χ2n) is 6.14. The van der Waals surface area contributed by atoms with Crippen molar-refractivity contribution in [1.29, 1.82) is 0 Å². The maximum atomic E-state index is 6.41. The van der Waals surface area contributed by atoms with Gasteiger partial charge in [-0.1, -0.05) is 19.8 Å². The van der Waals surface area contributed by atoms with Crippen LogP contribution in [0.15, 0.2) is 30.5 Å². The lowest BCUT2D eigenvalue weighted by Crippen LogP contribution is -2.25. The zero-order valence-corrected chi connectivity index (χ0v) is 12.9. The zero-order chi connectivity index (χ0) is 14.7. The van der Waals surface area contributed by atoms with Crippen LogP contribution in [0.2, 0.25) is 0 Å². The lowest BCUT2D eigenvalue weighted by atomic mass is 9.96. The standard InChI is InChI=1S/C18H25N3/c1-2-5-14-6-4-12-21(13-10-14)17-9-8-16-15(18(17)19)7-3-11-20-16/h3,7-9,11,14H,2,4-6,10,12-13,19H2,1H3. The Morgan fingerprint density at radius 2 is 2.14 bits per heavy atom. The molecule has 21 heavy (non-hydrogen) atoms. The summed E-state index contributed by atoms with van der Waals surface area (Å²) in [5.74, 6) is 0.892. The van der Waals surface area contributed by atoms with Gasteiger partial charge in [0.1, 0.15) is 0 Å². The maximum absolute atomic E-state index is 6.41. The number of hydrogen-bond acceptors (Lipinski definition) is 3. The normalized spacial score (nSPS) is 19.7. The number of nitrogens with zero attached hydrogens (tertiary/aromatic N) is 2. The Hall–Kier alpha value is -1.77. The number of anilines is 2. The van der Waals surface area contributed by atoms with Crippen LogP contribution in [-0.2, 0) is 0 Å². The highest BCUT2D eigenvalue weighted by Gasteiger charge is 2.18. The largest absolute Gasteiger partial charge is 0.396 e. The van der Waals surface area contributed by atoms with Gasteiger partial charge >= 0.3 is 0 Å². The predicted molar refractivity (Wildman–Crippen MR) is 90.6 cm³/mol. The monoisotopic (exact) mass is 283 g/mol. The van der Waals surface area contributed by atoms with Gasteiger partial charge < -0.3 is 10.6 Å². The first-order valence-corrected chi connectivity index (χ1v) is 8.17. The quantitative estimate of drug-likeness (QED) is 0.857. The summed E-state index contributed by atoms with van der Waals surface area (Å²) in [7, 11) is 0. The Morgan fingerprint density at radius 3 is 3.00 bits per heavy atom. The van der Waals surface area contributed by atoms with Gasteiger partial charge in [-0.2, -0.15) is 0 Å². The molecule has 112 valence electrons. The number of rotatable bonds is 3. The molecule has 3 rings (SSSR count). The number of benzene rings is 1. The molecule has 1 atom stereocenters. The van der Waals surface area contributed by atoms with E-state index in [2.05, 4.69) is 35.0 Å². The number of nitrogen functional groups attached to an aromatic ring is 1. The Balaban J connectivity index is 1.85. The average molecular weight is 283 g/mol. The lowest BCUT2D eigenvalue weighted by molar-refractivity contribution is 0.435. The Kier molecular flexibility index (Phi) is 4.28. The van der Waals surface area contributed by atoms with E-state index < -0.39 is 0 Å². The van der Waals surface area contributed by atoms with Crippen molar-refractivity contribution in [3.8, 4) is 0 Å². The minimum absolute atomic E-state index is 0.884. The van der Waals surface area contributed by atoms with Gasteiger partial charge in [0.25, 0.3) is 0 Å². The van der Waals surface area contributed by atoms with E-state index >= 15 is 0 Å². The first-order chi connectivity index (χ1) is 10.3. The van der Waals surface area contributed by atoms with Crippen LogP contribution in [0.3, 0.4) is 0 Å². The van der Waals surface area contributed by atoms with Gasteiger partial charge in [0.15, 0.2) is 0 Å². The molecule has 3 nitrogen and oxygen atoms in total. The predicted octanol–water partition coefficient (Wildman–Crippen LogP) is 4.22. The van der Waals surface area contributed by atoms with Crippen LogP contribution in [0.5, 0.6) is 0 Å². The first-order valence-electron chi connectivity index (χ1n) is 8.17. The molecule has 1 unspecified atom stereocenters. The minimum Gasteiger partial charge on any atom is -0.396 e. The molecule has 3 heteroatoms. The van der Waals surface area contributed by atoms with Gasteiger partial charge in [-0.15, -0.1) is 0 Å². The second kappa shape index (κ2) is 6.33. The smallest absolute Gasteiger partial charge is 0.0724 e. The van der Waals surface area contributed by atoms with Gasteiger partial charge in [-0.3, -0.25) is 4.98 Å². The van der Waals surface area contributed by atoms with E-state index in [0.29, 0.717) is 0 Å². The van der Waals surface area contributed by atoms with Crippen LogP contribution in [0.4, 0.5) is 11.4 Å². The average Bonchev–Trinajstić information content (AvgIpc) is 2.74. The fraction of sp³-hybridized carbons (Fsp3) is 0.500. The van der Waals surface area contributed by atoms with E-state index in [4.69, 9.17) is 5.73 Å². The SMILES string of the molecule is CCCC1CCCN(c2ccc3ncccc3c2N)CC1. The number of nitrogens with two attached hydrogens (primary N) is 1. The van der Waals surface area contributed by atoms with E-state index in [1.807, 2.05) is 12.3 Å². The van der Waals surface area contributed by atoms with Crippen LogP contribution < -0.4 is 10.6 Å². The van der Waals surface area contributed by atoms with Gasteiger partial charge in [0.2, 0.25) is 0 Å². The fourth-order valence-corrected chi connectivity index (χ4v) is 3.54. The first kappa shape index (κ1) is 14.2. The molecule has 0 bridgehead atoms. The fourth-order valence-electron chi connectivity index (χ4n) is 3.54. The second-order valence-corrected chi connectivity index (χ2v) is 6.14. The minimum atomic E-state index is 0.884. The highest BCUT2D eigenvalue weighted by Crippen LogP contribution is 2.33. The molecule has 1 saturated heterocycles. The summed E-state index contributed by atoms with van der Waals surface area (Å²) in [6.07, 6.45) is 8.41. The molecule has 1 aromatic heterocycles. The summed E-state index contributed by atoms with van der Waals surface area (Å²) in [5, 5.41) is 1.07. The van der Waals surface area contributed by atoms with Crippen LogP contribution in [-0.4, -0.2) is 18.1 Å². The summed E-state index contributed by atoms with van der Waals surface area (Å²) in [5.41, 5.74) is 9.47. The third-order valence-electron chi connectivity index (χ3n) is 4.69. The van der Waals surface area contributed by atoms with Gasteiger partial charge in [0, 0.05) is 24.7 Å². The Bertz CT molecular complexity index is 608. The number of pyridine rings is 1. The highest BCUT2D eigenvalue weighted by molar-refractivity contribution is 5.97. The molecular formula is C18H25N3. The molecule has 1 fully saturated rings. The topological polar surface area (TPSA) is 42.2 Å². The number of fused-ring (bicyclic) bond motifs is 1. The van der Waals surface area contributed by atoms with Crippen molar-refractivity contribution in [2.45, 2.75) is 39.0 Å². The molecule has 2 heterocycles. The van der Waals surface area contributed by atoms with Crippen LogP contribution >= 0.6 is 0 Å². The molecule has 2 aromatic rings. The summed E-state index contributed by atoms with van der Waals surface area (Å²) in [4.78, 5) is 6.85. The van der Waals surface area contributed by atoms with Gasteiger partial charge in [-0.25, -0.2) is 0 Å². The highest BCUT2D eigenvalue weighted by atomic mass is 15.1. The van der Waals surface area contributed by atoms with Crippen molar-refractivity contribution < 1.29 is 0 Å². The lowest BCUT2D eigenvalue weighted by Gasteiger charge is -2.25. The summed E-state index contributed by atoms with van der Waals surface area (Å²) < 4.78 is 0. The molecule has 0 aliphatic carbocycles. The van der Waals surface area contributed by atoms with Crippen LogP contribution in [0, 0.1) is 5.92 Å². The van der Waals surface area contributed by atoms with E-state index in [9.17, 15) is 0 Å². The van der Waals surface area contributed by atoms with Crippen molar-refractivity contribution >= 4 is 22.3 Å². The van der Waals surface area contributed by atoms with Gasteiger partial charge in [0.05, 0.1) is 16.9 Å². The van der Waals surface area contributed by atoms with Crippen molar-refractivity contribution in [3.63, 3.8) is 0 Å². The van der Waals surface area contributed by atoms with Crippen molar-refractivity contribution in [2.75, 3.05) is 23.7 Å². The molecule has 0 amide bonds. The number of aromatic nitrogens is 1. The molecule has 0 radical (unpaired) electrons. The molecule has 2 N–H and O–H groups in total. The maximum Gasteiger partial charge on any atom is 0.0724 e. The molecule has 0 spiro atoms. The van der Waals surface area contributed by atoms with E-state index in [1.165, 1.54) is 37.8 Å². The van der Waals surface area contributed by atoms with E-state index in [-0.39, 0.29) is 0 Å². The van der Waals surface area contributed by atoms with E-state index in [0.717, 1.165) is 35.6 Å². The number of hydrogen-bond donors (Lipinski definition) is 1. The summed E-state index contributed by atoms with van der Waals surface area (Å²) in [6, 6.07) is 8.27. The Morgan fingerprint density at radius 1 is 1.24 bits per heavy atom. The van der Waals surface area contributed by atoms with Crippen molar-refractivity contribution in [2.24, 2.45) is 5.92 Å². The molecule has 1 aromatic carbocycles. The van der Waals surface area contributed by atoms with E-state index in [1.54, 1.807) is 0 Å². The van der Waals surface area contributed by atoms with Crippen molar-refractivity contribution in [1.82, 2.24) is 4.98 Å². The summed E-state index contributed by atoms with van der Waals surface area (Å²) >= 11 is 0. The Labute approximate surface area is 127 Å². The van der Waals surface area contributed by atoms with Crippen LogP contribution in [0.1, 0.15) is 39.0 Å². The van der Waals surface area contributed by atoms with Crippen molar-refractivity contribution in [3.05, 3.63) is 30.5 Å². The molecule has 1 aliphatic rings. The summed E-state index contributed by atoms with van der Waals surface area (Å²) in [6.45, 7) is 4.54. The zero-order valence-electron chi connectivity index (χ0n) is 12.9. The third kappa shape index (κ3) is 2.97. The third-order valence-corrected chi connectivity index (χ3v) is 4.69. The molecule has 1 aliphatic heterocycles. The van der Waals surface area contributed by atoms with Gasteiger partial charge in [-0.05, 0) is 49.4 Å². The molecule has 0 saturated carbocycles. The van der Waals surface area contributed by atoms with Crippen LogP contribution in [0.25, 0.3) is 10.9 Å². The molecular weight excluding hydrogens is 258 g/mol.